The summed E-state index contributed by atoms with van der Waals surface area (Å²) in [6.45, 7) is 0. The van der Waals surface area contributed by atoms with Gasteiger partial charge >= 0.3 is 0 Å². The fourth-order valence-electron chi connectivity index (χ4n) is 3.49. The minimum atomic E-state index is 0.761. The van der Waals surface area contributed by atoms with Crippen LogP contribution in [0.15, 0.2) is 91.1 Å². The Bertz CT molecular complexity index is 1190. The number of nitrogens with one attached hydrogen (secondary N) is 1. The van der Waals surface area contributed by atoms with Crippen molar-refractivity contribution in [2.75, 3.05) is 0 Å². The molecule has 0 saturated heterocycles. The molecule has 2 heterocycles. The Morgan fingerprint density at radius 1 is 0.778 bits per heavy atom. The summed E-state index contributed by atoms with van der Waals surface area (Å²) in [6.07, 6.45) is 2.76. The summed E-state index contributed by atoms with van der Waals surface area (Å²) in [4.78, 5) is 3.34. The van der Waals surface area contributed by atoms with Gasteiger partial charge in [-0.05, 0) is 11.6 Å². The zero-order chi connectivity index (χ0) is 18.1. The molecule has 0 amide bonds. The topological polar surface area (TPSA) is 46.5 Å². The molecule has 0 radical (unpaired) electrons. The van der Waals surface area contributed by atoms with Gasteiger partial charge in [-0.1, -0.05) is 84.1 Å². The molecule has 0 bridgehead atoms. The van der Waals surface area contributed by atoms with E-state index in [2.05, 4.69) is 63.8 Å². The number of hydrogen-bond acceptors (Lipinski definition) is 2. The van der Waals surface area contributed by atoms with Crippen molar-refractivity contribution in [2.24, 2.45) is 0 Å². The molecule has 0 aliphatic rings. The molecule has 5 rings (SSSR count). The van der Waals surface area contributed by atoms with Crippen molar-refractivity contribution in [1.29, 1.82) is 0 Å². The molecular formula is C23H18N4. The number of para-hydroxylation sites is 1. The molecule has 4 nitrogen and oxygen atoms in total. The predicted molar refractivity (Wildman–Crippen MR) is 108 cm³/mol. The van der Waals surface area contributed by atoms with Gasteiger partial charge in [0.15, 0.2) is 0 Å². The highest BCUT2D eigenvalue weighted by atomic mass is 15.4. The predicted octanol–water partition coefficient (Wildman–Crippen LogP) is 5.01. The number of nitrogens with zero attached hydrogens (tertiary/aromatic N) is 3. The van der Waals surface area contributed by atoms with Crippen LogP contribution in [0.2, 0.25) is 0 Å². The van der Waals surface area contributed by atoms with E-state index in [4.69, 9.17) is 0 Å². The van der Waals surface area contributed by atoms with Crippen LogP contribution >= 0.6 is 0 Å². The number of benzene rings is 3. The van der Waals surface area contributed by atoms with Crippen LogP contribution in [-0.2, 0) is 6.42 Å². The van der Waals surface area contributed by atoms with E-state index in [-0.39, 0.29) is 0 Å². The molecule has 0 unspecified atom stereocenters. The first-order valence-electron chi connectivity index (χ1n) is 9.00. The summed E-state index contributed by atoms with van der Waals surface area (Å²) in [5.74, 6) is 0. The van der Waals surface area contributed by atoms with E-state index in [0.717, 1.165) is 40.0 Å². The minimum absolute atomic E-state index is 0.761. The monoisotopic (exact) mass is 350 g/mol. The fourth-order valence-corrected chi connectivity index (χ4v) is 3.49. The molecule has 3 aromatic carbocycles. The molecular weight excluding hydrogens is 332 g/mol. The van der Waals surface area contributed by atoms with E-state index in [1.54, 1.807) is 0 Å². The third-order valence-electron chi connectivity index (χ3n) is 4.82. The van der Waals surface area contributed by atoms with Crippen molar-refractivity contribution in [2.45, 2.75) is 6.42 Å². The van der Waals surface area contributed by atoms with Gasteiger partial charge in [-0.25, -0.2) is 4.68 Å². The number of aromatic amines is 1. The average molecular weight is 350 g/mol. The van der Waals surface area contributed by atoms with Crippen molar-refractivity contribution in [3.63, 3.8) is 0 Å². The Kier molecular flexibility index (Phi) is 3.79. The lowest BCUT2D eigenvalue weighted by Gasteiger charge is -2.08. The summed E-state index contributed by atoms with van der Waals surface area (Å²) < 4.78 is 1.97. The third-order valence-corrected chi connectivity index (χ3v) is 4.82. The maximum absolute atomic E-state index is 4.54. The van der Waals surface area contributed by atoms with E-state index >= 15 is 0 Å². The van der Waals surface area contributed by atoms with Crippen LogP contribution in [0.3, 0.4) is 0 Å². The molecule has 0 aliphatic carbocycles. The van der Waals surface area contributed by atoms with E-state index < -0.39 is 0 Å². The summed E-state index contributed by atoms with van der Waals surface area (Å²) in [5.41, 5.74) is 6.43. The van der Waals surface area contributed by atoms with Crippen molar-refractivity contribution >= 4 is 10.9 Å². The maximum atomic E-state index is 4.54. The number of rotatable bonds is 4. The van der Waals surface area contributed by atoms with Crippen molar-refractivity contribution in [3.8, 4) is 16.9 Å². The maximum Gasteiger partial charge on any atom is 0.117 e. The molecule has 130 valence electrons. The first-order valence-corrected chi connectivity index (χ1v) is 9.00. The molecule has 1 N–H and O–H groups in total. The summed E-state index contributed by atoms with van der Waals surface area (Å²) in [7, 11) is 0. The second kappa shape index (κ2) is 6.57. The lowest BCUT2D eigenvalue weighted by Crippen LogP contribution is -2.03. The Morgan fingerprint density at radius 2 is 1.48 bits per heavy atom. The molecule has 27 heavy (non-hydrogen) atoms. The zero-order valence-corrected chi connectivity index (χ0v) is 14.7. The quantitative estimate of drug-likeness (QED) is 0.495. The Hall–Kier alpha value is -3.66. The van der Waals surface area contributed by atoms with Gasteiger partial charge in [-0.3, -0.25) is 0 Å². The molecule has 4 heteroatoms. The second-order valence-electron chi connectivity index (χ2n) is 6.54. The smallest absolute Gasteiger partial charge is 0.117 e. The standard InChI is InChI=1S/C23H18N4/c1-3-9-17(10-4-1)15-21-23(18-11-5-2-6-12-18)25-26-27(21)22-16-24-20-14-8-7-13-19(20)22/h1-14,16,24H,15H2. The van der Waals surface area contributed by atoms with E-state index in [9.17, 15) is 0 Å². The normalized spacial score (nSPS) is 11.1. The van der Waals surface area contributed by atoms with E-state index in [1.165, 1.54) is 5.56 Å². The van der Waals surface area contributed by atoms with Crippen LogP contribution in [0.1, 0.15) is 11.3 Å². The molecule has 0 fully saturated rings. The van der Waals surface area contributed by atoms with E-state index in [1.807, 2.05) is 47.3 Å². The fraction of sp³-hybridized carbons (Fsp3) is 0.0435. The number of fused-ring (bicyclic) bond motifs is 1. The number of H-pyrrole nitrogens is 1. The molecule has 0 atom stereocenters. The molecule has 2 aromatic heterocycles. The van der Waals surface area contributed by atoms with Crippen LogP contribution in [0.25, 0.3) is 27.8 Å². The van der Waals surface area contributed by atoms with Gasteiger partial charge in [0.1, 0.15) is 5.69 Å². The van der Waals surface area contributed by atoms with Crippen LogP contribution in [0, 0.1) is 0 Å². The average Bonchev–Trinajstić information content (AvgIpc) is 3.33. The largest absolute Gasteiger partial charge is 0.359 e. The lowest BCUT2D eigenvalue weighted by molar-refractivity contribution is 0.777. The van der Waals surface area contributed by atoms with Gasteiger partial charge in [-0.2, -0.15) is 0 Å². The minimum Gasteiger partial charge on any atom is -0.359 e. The van der Waals surface area contributed by atoms with E-state index in [0.29, 0.717) is 0 Å². The molecule has 5 aromatic rings. The molecule has 0 saturated carbocycles. The summed E-state index contributed by atoms with van der Waals surface area (Å²) >= 11 is 0. The first kappa shape index (κ1) is 15.6. The highest BCUT2D eigenvalue weighted by molar-refractivity contribution is 5.88. The SMILES string of the molecule is c1ccc(Cc2c(-c3ccccc3)nnn2-c2c[nH]c3ccccc23)cc1. The van der Waals surface area contributed by atoms with Gasteiger partial charge in [0, 0.05) is 29.1 Å². The van der Waals surface area contributed by atoms with Crippen LogP contribution < -0.4 is 0 Å². The third kappa shape index (κ3) is 2.81. The highest BCUT2D eigenvalue weighted by Crippen LogP contribution is 2.28. The van der Waals surface area contributed by atoms with Crippen LogP contribution in [0.5, 0.6) is 0 Å². The van der Waals surface area contributed by atoms with Crippen LogP contribution in [-0.4, -0.2) is 20.0 Å². The van der Waals surface area contributed by atoms with Gasteiger partial charge in [0.25, 0.3) is 0 Å². The zero-order valence-electron chi connectivity index (χ0n) is 14.7. The van der Waals surface area contributed by atoms with Gasteiger partial charge in [-0.15, -0.1) is 5.10 Å². The molecule has 0 spiro atoms. The highest BCUT2D eigenvalue weighted by Gasteiger charge is 2.18. The van der Waals surface area contributed by atoms with Gasteiger partial charge in [0.2, 0.25) is 0 Å². The first-order chi connectivity index (χ1) is 13.4. The van der Waals surface area contributed by atoms with Crippen molar-refractivity contribution in [1.82, 2.24) is 20.0 Å². The lowest BCUT2D eigenvalue weighted by atomic mass is 10.0. The van der Waals surface area contributed by atoms with Crippen molar-refractivity contribution in [3.05, 3.63) is 102 Å². The van der Waals surface area contributed by atoms with Gasteiger partial charge in [0.05, 0.1) is 11.4 Å². The Balaban J connectivity index is 1.70. The Morgan fingerprint density at radius 3 is 2.30 bits per heavy atom. The second-order valence-corrected chi connectivity index (χ2v) is 6.54. The Labute approximate surface area is 157 Å². The number of aromatic nitrogens is 4. The number of hydrogen-bond donors (Lipinski definition) is 1. The summed E-state index contributed by atoms with van der Waals surface area (Å²) in [5, 5.41) is 10.2. The van der Waals surface area contributed by atoms with Crippen molar-refractivity contribution < 1.29 is 0 Å². The molecule has 0 aliphatic heterocycles. The van der Waals surface area contributed by atoms with Crippen LogP contribution in [0.4, 0.5) is 0 Å². The summed E-state index contributed by atoms with van der Waals surface area (Å²) in [6, 6.07) is 29.0. The van der Waals surface area contributed by atoms with Gasteiger partial charge < -0.3 is 4.98 Å².